The normalized spacial score (nSPS) is 10.0. The molecule has 0 heterocycles. The number of hydrogen-bond donors (Lipinski definition) is 0. The topological polar surface area (TPSA) is 44.1 Å². The van der Waals surface area contributed by atoms with Crippen LogP contribution < -0.4 is 0 Å². The van der Waals surface area contributed by atoms with Gasteiger partial charge in [-0.2, -0.15) is 5.26 Å². The fourth-order valence-electron chi connectivity index (χ4n) is 2.19. The standard InChI is InChI=1S/C18H17ClN2O/c1-21(13-16-3-2-4-17(19)11-16)18(22)10-9-14-5-7-15(12-20)8-6-14/h2-8,11H,9-10,13H2,1H3. The molecule has 0 aliphatic rings. The molecule has 0 aromatic heterocycles. The number of benzene rings is 2. The first kappa shape index (κ1) is 16.1. The summed E-state index contributed by atoms with van der Waals surface area (Å²) in [6.45, 7) is 0.548. The van der Waals surface area contributed by atoms with Gasteiger partial charge in [0.05, 0.1) is 11.6 Å². The minimum atomic E-state index is 0.0873. The molecule has 0 fully saturated rings. The molecular formula is C18H17ClN2O. The van der Waals surface area contributed by atoms with Crippen LogP contribution in [0, 0.1) is 11.3 Å². The van der Waals surface area contributed by atoms with Gasteiger partial charge in [-0.05, 0) is 41.8 Å². The van der Waals surface area contributed by atoms with E-state index in [1.54, 1.807) is 24.1 Å². The lowest BCUT2D eigenvalue weighted by Gasteiger charge is -2.17. The highest BCUT2D eigenvalue weighted by atomic mass is 35.5. The van der Waals surface area contributed by atoms with E-state index in [9.17, 15) is 4.79 Å². The molecule has 0 spiro atoms. The lowest BCUT2D eigenvalue weighted by Crippen LogP contribution is -2.26. The molecule has 0 aliphatic carbocycles. The molecule has 4 heteroatoms. The van der Waals surface area contributed by atoms with E-state index < -0.39 is 0 Å². The van der Waals surface area contributed by atoms with Crippen LogP contribution in [0.3, 0.4) is 0 Å². The molecule has 2 aromatic carbocycles. The van der Waals surface area contributed by atoms with Gasteiger partial charge in [-0.25, -0.2) is 0 Å². The molecule has 0 N–H and O–H groups in total. The van der Waals surface area contributed by atoms with Crippen molar-refractivity contribution in [2.45, 2.75) is 19.4 Å². The second-order valence-corrected chi connectivity index (χ2v) is 5.62. The van der Waals surface area contributed by atoms with Crippen molar-refractivity contribution in [3.63, 3.8) is 0 Å². The van der Waals surface area contributed by atoms with Crippen molar-refractivity contribution in [1.82, 2.24) is 4.90 Å². The first-order valence-corrected chi connectivity index (χ1v) is 7.44. The Morgan fingerprint density at radius 1 is 1.18 bits per heavy atom. The number of amides is 1. The summed E-state index contributed by atoms with van der Waals surface area (Å²) in [6, 6.07) is 16.9. The highest BCUT2D eigenvalue weighted by Crippen LogP contribution is 2.13. The summed E-state index contributed by atoms with van der Waals surface area (Å²) in [5, 5.41) is 9.44. The van der Waals surface area contributed by atoms with Gasteiger partial charge in [0.2, 0.25) is 5.91 Å². The lowest BCUT2D eigenvalue weighted by atomic mass is 10.1. The smallest absolute Gasteiger partial charge is 0.222 e. The monoisotopic (exact) mass is 312 g/mol. The van der Waals surface area contributed by atoms with Gasteiger partial charge in [0.1, 0.15) is 0 Å². The van der Waals surface area contributed by atoms with Gasteiger partial charge in [0.15, 0.2) is 0 Å². The van der Waals surface area contributed by atoms with E-state index in [4.69, 9.17) is 16.9 Å². The van der Waals surface area contributed by atoms with E-state index in [-0.39, 0.29) is 5.91 Å². The lowest BCUT2D eigenvalue weighted by molar-refractivity contribution is -0.130. The number of carbonyl (C=O) groups is 1. The number of nitrogens with zero attached hydrogens (tertiary/aromatic N) is 2. The largest absolute Gasteiger partial charge is 0.341 e. The Kier molecular flexibility index (Phi) is 5.57. The molecule has 0 saturated carbocycles. The molecule has 2 aromatic rings. The van der Waals surface area contributed by atoms with Crippen LogP contribution in [0.5, 0.6) is 0 Å². The average Bonchev–Trinajstić information content (AvgIpc) is 2.53. The molecule has 0 radical (unpaired) electrons. The van der Waals surface area contributed by atoms with Crippen LogP contribution in [0.1, 0.15) is 23.1 Å². The first-order chi connectivity index (χ1) is 10.6. The van der Waals surface area contributed by atoms with E-state index in [1.165, 1.54) is 0 Å². The molecule has 0 atom stereocenters. The van der Waals surface area contributed by atoms with Crippen LogP contribution >= 0.6 is 11.6 Å². The fraction of sp³-hybridized carbons (Fsp3) is 0.222. The minimum absolute atomic E-state index is 0.0873. The summed E-state index contributed by atoms with van der Waals surface area (Å²) in [4.78, 5) is 13.9. The van der Waals surface area contributed by atoms with Gasteiger partial charge in [-0.15, -0.1) is 0 Å². The molecule has 112 valence electrons. The second kappa shape index (κ2) is 7.63. The third kappa shape index (κ3) is 4.61. The summed E-state index contributed by atoms with van der Waals surface area (Å²) in [5.74, 6) is 0.0873. The Hall–Kier alpha value is -2.31. The van der Waals surface area contributed by atoms with Crippen LogP contribution in [-0.4, -0.2) is 17.9 Å². The quantitative estimate of drug-likeness (QED) is 0.842. The molecule has 2 rings (SSSR count). The molecule has 3 nitrogen and oxygen atoms in total. The zero-order valence-electron chi connectivity index (χ0n) is 12.4. The van der Waals surface area contributed by atoms with Crippen molar-refractivity contribution < 1.29 is 4.79 Å². The van der Waals surface area contributed by atoms with Crippen molar-refractivity contribution in [2.75, 3.05) is 7.05 Å². The summed E-state index contributed by atoms with van der Waals surface area (Å²) >= 11 is 5.95. The maximum Gasteiger partial charge on any atom is 0.222 e. The van der Waals surface area contributed by atoms with E-state index in [1.807, 2.05) is 36.4 Å². The Labute approximate surface area is 135 Å². The minimum Gasteiger partial charge on any atom is -0.341 e. The van der Waals surface area contributed by atoms with Gasteiger partial charge in [0, 0.05) is 25.0 Å². The third-order valence-electron chi connectivity index (χ3n) is 3.45. The van der Waals surface area contributed by atoms with E-state index in [2.05, 4.69) is 6.07 Å². The second-order valence-electron chi connectivity index (χ2n) is 5.19. The van der Waals surface area contributed by atoms with Crippen molar-refractivity contribution in [2.24, 2.45) is 0 Å². The maximum atomic E-state index is 12.2. The zero-order valence-corrected chi connectivity index (χ0v) is 13.2. The Bertz CT molecular complexity index is 689. The molecule has 22 heavy (non-hydrogen) atoms. The Morgan fingerprint density at radius 2 is 1.91 bits per heavy atom. The highest BCUT2D eigenvalue weighted by Gasteiger charge is 2.09. The van der Waals surface area contributed by atoms with Crippen LogP contribution in [0.4, 0.5) is 0 Å². The highest BCUT2D eigenvalue weighted by molar-refractivity contribution is 6.30. The molecule has 0 saturated heterocycles. The van der Waals surface area contributed by atoms with Crippen molar-refractivity contribution >= 4 is 17.5 Å². The molecule has 1 amide bonds. The van der Waals surface area contributed by atoms with Crippen LogP contribution in [0.15, 0.2) is 48.5 Å². The number of carbonyl (C=O) groups excluding carboxylic acids is 1. The summed E-state index contributed by atoms with van der Waals surface area (Å²) in [5.41, 5.74) is 2.71. The summed E-state index contributed by atoms with van der Waals surface area (Å²) in [6.07, 6.45) is 1.12. The van der Waals surface area contributed by atoms with Crippen molar-refractivity contribution in [3.8, 4) is 6.07 Å². The van der Waals surface area contributed by atoms with Crippen molar-refractivity contribution in [3.05, 3.63) is 70.2 Å². The number of aryl methyl sites for hydroxylation is 1. The van der Waals surface area contributed by atoms with E-state index >= 15 is 0 Å². The summed E-state index contributed by atoms with van der Waals surface area (Å²) < 4.78 is 0. The molecule has 0 aliphatic heterocycles. The number of nitriles is 1. The first-order valence-electron chi connectivity index (χ1n) is 7.06. The SMILES string of the molecule is CN(Cc1cccc(Cl)c1)C(=O)CCc1ccc(C#N)cc1. The van der Waals surface area contributed by atoms with Gasteiger partial charge in [-0.3, -0.25) is 4.79 Å². The fourth-order valence-corrected chi connectivity index (χ4v) is 2.40. The Morgan fingerprint density at radius 3 is 2.55 bits per heavy atom. The Balaban J connectivity index is 1.87. The zero-order chi connectivity index (χ0) is 15.9. The third-order valence-corrected chi connectivity index (χ3v) is 3.68. The predicted octanol–water partition coefficient (Wildman–Crippen LogP) is 3.80. The van der Waals surface area contributed by atoms with E-state index in [0.29, 0.717) is 30.0 Å². The van der Waals surface area contributed by atoms with Gasteiger partial charge in [-0.1, -0.05) is 35.9 Å². The van der Waals surface area contributed by atoms with Crippen LogP contribution in [-0.2, 0) is 17.8 Å². The average molecular weight is 313 g/mol. The van der Waals surface area contributed by atoms with Crippen LogP contribution in [0.25, 0.3) is 0 Å². The van der Waals surface area contributed by atoms with E-state index in [0.717, 1.165) is 11.1 Å². The van der Waals surface area contributed by atoms with Gasteiger partial charge >= 0.3 is 0 Å². The molecular weight excluding hydrogens is 296 g/mol. The molecule has 0 unspecified atom stereocenters. The number of hydrogen-bond acceptors (Lipinski definition) is 2. The predicted molar refractivity (Wildman–Crippen MR) is 87.4 cm³/mol. The maximum absolute atomic E-state index is 12.2. The number of rotatable bonds is 5. The van der Waals surface area contributed by atoms with Gasteiger partial charge < -0.3 is 4.90 Å². The van der Waals surface area contributed by atoms with Gasteiger partial charge in [0.25, 0.3) is 0 Å². The van der Waals surface area contributed by atoms with Crippen LogP contribution in [0.2, 0.25) is 5.02 Å². The van der Waals surface area contributed by atoms with Crippen molar-refractivity contribution in [1.29, 1.82) is 5.26 Å². The molecule has 0 bridgehead atoms. The number of halogens is 1. The summed E-state index contributed by atoms with van der Waals surface area (Å²) in [7, 11) is 1.79.